The Hall–Kier alpha value is -0.373. The summed E-state index contributed by atoms with van der Waals surface area (Å²) in [5.41, 5.74) is 2.32. The van der Waals surface area contributed by atoms with Crippen molar-refractivity contribution in [3.63, 3.8) is 0 Å². The van der Waals surface area contributed by atoms with Crippen LogP contribution in [0, 0.1) is 0 Å². The van der Waals surface area contributed by atoms with Gasteiger partial charge in [-0.2, -0.15) is 0 Å². The molecule has 0 aromatic rings. The molecule has 0 aliphatic carbocycles. The van der Waals surface area contributed by atoms with E-state index in [9.17, 15) is 0 Å². The zero-order chi connectivity index (χ0) is 16.5. The molecule has 0 rings (SSSR count). The summed E-state index contributed by atoms with van der Waals surface area (Å²) in [4.78, 5) is 4.68. The molecule has 0 fully saturated rings. The topological polar surface area (TPSA) is 12.4 Å². The Bertz CT molecular complexity index is 267. The summed E-state index contributed by atoms with van der Waals surface area (Å²) in [7, 11) is -1.25. The zero-order valence-corrected chi connectivity index (χ0v) is 16.7. The van der Waals surface area contributed by atoms with Crippen molar-refractivity contribution in [2.45, 2.75) is 103 Å². The second-order valence-electron chi connectivity index (χ2n) is 6.83. The maximum absolute atomic E-state index is 4.68. The normalized spacial score (nSPS) is 12.1. The molecule has 0 spiro atoms. The van der Waals surface area contributed by atoms with Crippen LogP contribution >= 0.6 is 0 Å². The lowest BCUT2D eigenvalue weighted by Gasteiger charge is -2.25. The van der Waals surface area contributed by atoms with Gasteiger partial charge < -0.3 is 0 Å². The van der Waals surface area contributed by atoms with Crippen molar-refractivity contribution >= 4 is 14.3 Å². The first-order valence-electron chi connectivity index (χ1n) is 9.86. The SMILES string of the molecule is C=C[Si](CC=NCCCCCCCCCC)(CCC)CCC. The fourth-order valence-electron chi connectivity index (χ4n) is 3.29. The Kier molecular flexibility index (Phi) is 15.3. The Labute approximate surface area is 141 Å². The van der Waals surface area contributed by atoms with Crippen LogP contribution in [0.4, 0.5) is 0 Å². The fraction of sp³-hybridized carbons (Fsp3) is 0.850. The van der Waals surface area contributed by atoms with Crippen molar-refractivity contribution in [2.24, 2.45) is 4.99 Å². The zero-order valence-electron chi connectivity index (χ0n) is 15.7. The fourth-order valence-corrected chi connectivity index (χ4v) is 7.00. The second kappa shape index (κ2) is 15.5. The third kappa shape index (κ3) is 11.2. The van der Waals surface area contributed by atoms with E-state index in [0.29, 0.717) is 0 Å². The Morgan fingerprint density at radius 3 is 1.82 bits per heavy atom. The van der Waals surface area contributed by atoms with E-state index in [-0.39, 0.29) is 0 Å². The molecule has 0 amide bonds. The minimum atomic E-state index is -1.25. The van der Waals surface area contributed by atoms with E-state index in [1.165, 1.54) is 82.3 Å². The van der Waals surface area contributed by atoms with Crippen molar-refractivity contribution in [3.05, 3.63) is 12.3 Å². The van der Waals surface area contributed by atoms with Crippen LogP contribution in [0.1, 0.15) is 85.0 Å². The van der Waals surface area contributed by atoms with Crippen LogP contribution in [-0.2, 0) is 0 Å². The quantitative estimate of drug-likeness (QED) is 0.162. The van der Waals surface area contributed by atoms with Gasteiger partial charge in [-0.05, 0) is 18.7 Å². The van der Waals surface area contributed by atoms with Gasteiger partial charge in [0.2, 0.25) is 0 Å². The van der Waals surface area contributed by atoms with E-state index in [2.05, 4.69) is 44.3 Å². The Morgan fingerprint density at radius 1 is 0.773 bits per heavy atom. The summed E-state index contributed by atoms with van der Waals surface area (Å²) in [5, 5.41) is 0. The van der Waals surface area contributed by atoms with Crippen LogP contribution in [0.5, 0.6) is 0 Å². The molecule has 2 heteroatoms. The Morgan fingerprint density at radius 2 is 1.32 bits per heavy atom. The van der Waals surface area contributed by atoms with Gasteiger partial charge in [0.1, 0.15) is 0 Å². The summed E-state index contributed by atoms with van der Waals surface area (Å²) in [6, 6.07) is 3.98. The number of hydrogen-bond donors (Lipinski definition) is 0. The molecule has 22 heavy (non-hydrogen) atoms. The highest BCUT2D eigenvalue weighted by Gasteiger charge is 2.25. The van der Waals surface area contributed by atoms with E-state index < -0.39 is 8.07 Å². The molecule has 0 unspecified atom stereocenters. The van der Waals surface area contributed by atoms with Gasteiger partial charge in [0.05, 0.1) is 8.07 Å². The van der Waals surface area contributed by atoms with Crippen molar-refractivity contribution in [1.82, 2.24) is 0 Å². The highest BCUT2D eigenvalue weighted by molar-refractivity contribution is 6.86. The molecule has 0 saturated heterocycles. The predicted octanol–water partition coefficient (Wildman–Crippen LogP) is 7.19. The molecule has 0 radical (unpaired) electrons. The van der Waals surface area contributed by atoms with Crippen molar-refractivity contribution < 1.29 is 0 Å². The summed E-state index contributed by atoms with van der Waals surface area (Å²) >= 11 is 0. The average molecular weight is 324 g/mol. The molecule has 130 valence electrons. The number of aliphatic imine (C=N–C) groups is 1. The van der Waals surface area contributed by atoms with Crippen molar-refractivity contribution in [2.75, 3.05) is 6.54 Å². The summed E-state index contributed by atoms with van der Waals surface area (Å²) in [5.74, 6) is 0. The van der Waals surface area contributed by atoms with Gasteiger partial charge >= 0.3 is 0 Å². The highest BCUT2D eigenvalue weighted by Crippen LogP contribution is 2.24. The lowest BCUT2D eigenvalue weighted by Crippen LogP contribution is -2.31. The number of rotatable bonds is 16. The monoisotopic (exact) mass is 323 g/mol. The molecule has 0 N–H and O–H groups in total. The summed E-state index contributed by atoms with van der Waals surface area (Å²) in [6.45, 7) is 12.1. The predicted molar refractivity (Wildman–Crippen MR) is 107 cm³/mol. The van der Waals surface area contributed by atoms with Crippen LogP contribution < -0.4 is 0 Å². The number of nitrogens with zero attached hydrogens (tertiary/aromatic N) is 1. The molecule has 0 aromatic heterocycles. The molecule has 0 heterocycles. The summed E-state index contributed by atoms with van der Waals surface area (Å²) < 4.78 is 0. The first-order valence-corrected chi connectivity index (χ1v) is 12.6. The maximum Gasteiger partial charge on any atom is 0.0822 e. The van der Waals surface area contributed by atoms with Crippen LogP contribution in [0.2, 0.25) is 18.1 Å². The van der Waals surface area contributed by atoms with Gasteiger partial charge in [-0.1, -0.05) is 90.6 Å². The molecule has 1 nitrogen and oxygen atoms in total. The smallest absolute Gasteiger partial charge is 0.0822 e. The molecular weight excluding hydrogens is 282 g/mol. The maximum atomic E-state index is 4.68. The lowest BCUT2D eigenvalue weighted by molar-refractivity contribution is 0.578. The lowest BCUT2D eigenvalue weighted by atomic mass is 10.1. The van der Waals surface area contributed by atoms with Gasteiger partial charge in [0.25, 0.3) is 0 Å². The Balaban J connectivity index is 3.72. The van der Waals surface area contributed by atoms with Gasteiger partial charge in [-0.15, -0.1) is 12.3 Å². The van der Waals surface area contributed by atoms with E-state index in [1.807, 2.05) is 0 Å². The third-order valence-corrected chi connectivity index (χ3v) is 9.55. The van der Waals surface area contributed by atoms with Gasteiger partial charge in [0.15, 0.2) is 0 Å². The standard InChI is InChI=1S/C20H41NSi/c1-5-9-10-11-12-13-14-15-16-21-17-20-22(8-4,18-6-2)19-7-3/h8,17H,4-7,9-16,18-20H2,1-3H3. The third-order valence-electron chi connectivity index (χ3n) is 4.70. The van der Waals surface area contributed by atoms with Crippen LogP contribution in [0.25, 0.3) is 0 Å². The van der Waals surface area contributed by atoms with Crippen LogP contribution in [-0.4, -0.2) is 20.8 Å². The van der Waals surface area contributed by atoms with Crippen molar-refractivity contribution in [1.29, 1.82) is 0 Å². The molecule has 0 bridgehead atoms. The van der Waals surface area contributed by atoms with E-state index in [0.717, 1.165) is 6.54 Å². The molecule has 0 aromatic carbocycles. The van der Waals surface area contributed by atoms with Gasteiger partial charge in [0, 0.05) is 6.54 Å². The highest BCUT2D eigenvalue weighted by atomic mass is 28.3. The largest absolute Gasteiger partial charge is 0.298 e. The first-order chi connectivity index (χ1) is 10.7. The van der Waals surface area contributed by atoms with Crippen LogP contribution in [0.15, 0.2) is 17.3 Å². The van der Waals surface area contributed by atoms with Gasteiger partial charge in [-0.25, -0.2) is 0 Å². The molecular formula is C20H41NSi. The molecule has 0 atom stereocenters. The second-order valence-corrected chi connectivity index (χ2v) is 11.4. The number of hydrogen-bond acceptors (Lipinski definition) is 1. The van der Waals surface area contributed by atoms with Crippen molar-refractivity contribution in [3.8, 4) is 0 Å². The molecule has 0 aliphatic heterocycles. The minimum Gasteiger partial charge on any atom is -0.298 e. The van der Waals surface area contributed by atoms with E-state index in [1.54, 1.807) is 0 Å². The van der Waals surface area contributed by atoms with E-state index >= 15 is 0 Å². The van der Waals surface area contributed by atoms with E-state index in [4.69, 9.17) is 0 Å². The summed E-state index contributed by atoms with van der Waals surface area (Å²) in [6.07, 6.45) is 15.9. The minimum absolute atomic E-state index is 1.04. The average Bonchev–Trinajstić information content (AvgIpc) is 2.53. The number of unbranched alkanes of at least 4 members (excludes halogenated alkanes) is 7. The first kappa shape index (κ1) is 21.6. The molecule has 0 saturated carbocycles. The molecule has 0 aliphatic rings. The van der Waals surface area contributed by atoms with Crippen LogP contribution in [0.3, 0.4) is 0 Å². The van der Waals surface area contributed by atoms with Gasteiger partial charge in [-0.3, -0.25) is 4.99 Å².